The molecule has 1 N–H and O–H groups in total. The van der Waals surface area contributed by atoms with E-state index in [4.69, 9.17) is 4.42 Å². The molecule has 0 aliphatic rings. The normalized spacial score (nSPS) is 11.6. The smallest absolute Gasteiger partial charge is 0.322 e. The number of anilines is 1. The number of sulfone groups is 1. The van der Waals surface area contributed by atoms with Gasteiger partial charge in [-0.3, -0.25) is 10.1 Å². The predicted octanol–water partition coefficient (Wildman–Crippen LogP) is 3.82. The number of amides is 1. The van der Waals surface area contributed by atoms with Crippen molar-refractivity contribution in [3.8, 4) is 11.5 Å². The summed E-state index contributed by atoms with van der Waals surface area (Å²) in [6.45, 7) is 3.26. The first-order valence-corrected chi connectivity index (χ1v) is 11.7. The fourth-order valence-corrected chi connectivity index (χ4v) is 4.01. The lowest BCUT2D eigenvalue weighted by Gasteiger charge is -2.07. The van der Waals surface area contributed by atoms with Crippen LogP contribution in [0.5, 0.6) is 0 Å². The van der Waals surface area contributed by atoms with Gasteiger partial charge in [-0.15, -0.1) is 16.9 Å². The topological polar surface area (TPSA) is 102 Å². The van der Waals surface area contributed by atoms with Crippen LogP contribution in [-0.2, 0) is 21.1 Å². The highest BCUT2D eigenvalue weighted by atomic mass is 32.2. The molecule has 0 bridgehead atoms. The third-order valence-corrected chi connectivity index (χ3v) is 7.16. The first-order chi connectivity index (χ1) is 13.8. The molecule has 0 atom stereocenters. The zero-order valence-electron chi connectivity index (χ0n) is 16.2. The highest BCUT2D eigenvalue weighted by molar-refractivity contribution is 7.98. The summed E-state index contributed by atoms with van der Waals surface area (Å²) in [5.41, 5.74) is 1.44. The van der Waals surface area contributed by atoms with Gasteiger partial charge in [0.15, 0.2) is 9.84 Å². The van der Waals surface area contributed by atoms with E-state index in [2.05, 4.69) is 15.5 Å². The second-order valence-electron chi connectivity index (χ2n) is 6.60. The van der Waals surface area contributed by atoms with E-state index in [1.165, 1.54) is 12.1 Å². The monoisotopic (exact) mass is 431 g/mol. The molecule has 0 saturated heterocycles. The Labute approximate surface area is 173 Å². The quantitative estimate of drug-likeness (QED) is 0.567. The summed E-state index contributed by atoms with van der Waals surface area (Å²) in [6, 6.07) is 13.9. The van der Waals surface area contributed by atoms with Crippen LogP contribution in [-0.4, -0.2) is 36.0 Å². The molecule has 0 saturated carbocycles. The highest BCUT2D eigenvalue weighted by Gasteiger charge is 2.19. The van der Waals surface area contributed by atoms with Gasteiger partial charge in [-0.05, 0) is 62.1 Å². The zero-order valence-corrected chi connectivity index (χ0v) is 17.9. The Bertz CT molecular complexity index is 1090. The lowest BCUT2D eigenvalue weighted by atomic mass is 10.1. The Morgan fingerprint density at radius 3 is 2.31 bits per heavy atom. The maximum absolute atomic E-state index is 12.2. The van der Waals surface area contributed by atoms with Crippen molar-refractivity contribution in [2.24, 2.45) is 0 Å². The van der Waals surface area contributed by atoms with Crippen molar-refractivity contribution in [1.82, 2.24) is 10.2 Å². The van der Waals surface area contributed by atoms with E-state index in [9.17, 15) is 13.2 Å². The largest absolute Gasteiger partial charge is 0.403 e. The molecular weight excluding hydrogens is 410 g/mol. The average Bonchev–Trinajstić information content (AvgIpc) is 3.16. The number of benzene rings is 2. The molecule has 3 aromatic rings. The van der Waals surface area contributed by atoms with E-state index >= 15 is 0 Å². The summed E-state index contributed by atoms with van der Waals surface area (Å²) in [5, 5.41) is 9.82. The van der Waals surface area contributed by atoms with Crippen LogP contribution in [0, 0.1) is 0 Å². The van der Waals surface area contributed by atoms with Crippen LogP contribution in [0.25, 0.3) is 11.5 Å². The van der Waals surface area contributed by atoms with Crippen LogP contribution in [0.1, 0.15) is 19.4 Å². The van der Waals surface area contributed by atoms with Crippen molar-refractivity contribution in [2.75, 3.05) is 11.6 Å². The van der Waals surface area contributed by atoms with E-state index in [-0.39, 0.29) is 29.1 Å². The summed E-state index contributed by atoms with van der Waals surface area (Å²) in [6.07, 6.45) is 2.18. The minimum atomic E-state index is -3.35. The molecule has 29 heavy (non-hydrogen) atoms. The number of aromatic nitrogens is 2. The number of nitrogens with one attached hydrogen (secondary N) is 1. The van der Waals surface area contributed by atoms with Crippen molar-refractivity contribution in [3.05, 3.63) is 54.1 Å². The number of hydrogen-bond acceptors (Lipinski definition) is 7. The summed E-state index contributed by atoms with van der Waals surface area (Å²) in [4.78, 5) is 13.6. The third kappa shape index (κ3) is 5.04. The maximum atomic E-state index is 12.2. The summed E-state index contributed by atoms with van der Waals surface area (Å²) < 4.78 is 29.9. The van der Waals surface area contributed by atoms with Gasteiger partial charge in [-0.25, -0.2) is 8.42 Å². The molecule has 2 aromatic carbocycles. The van der Waals surface area contributed by atoms with Gasteiger partial charge in [0, 0.05) is 10.5 Å². The van der Waals surface area contributed by atoms with Crippen molar-refractivity contribution in [2.45, 2.75) is 35.3 Å². The van der Waals surface area contributed by atoms with Gasteiger partial charge in [0.1, 0.15) is 0 Å². The van der Waals surface area contributed by atoms with Crippen LogP contribution in [0.15, 0.2) is 62.7 Å². The van der Waals surface area contributed by atoms with Crippen molar-refractivity contribution < 1.29 is 17.6 Å². The van der Waals surface area contributed by atoms with Gasteiger partial charge in [0.05, 0.1) is 16.6 Å². The Kier molecular flexibility index (Phi) is 6.39. The van der Waals surface area contributed by atoms with Gasteiger partial charge in [-0.2, -0.15) is 0 Å². The summed E-state index contributed by atoms with van der Waals surface area (Å²) in [7, 11) is -3.35. The van der Waals surface area contributed by atoms with E-state index in [0.717, 1.165) is 10.5 Å². The fraction of sp³-hybridized carbons (Fsp3) is 0.250. The molecule has 7 nitrogen and oxygen atoms in total. The van der Waals surface area contributed by atoms with Crippen molar-refractivity contribution in [3.63, 3.8) is 0 Å². The molecule has 0 aliphatic carbocycles. The molecule has 3 rings (SSSR count). The third-order valence-electron chi connectivity index (χ3n) is 4.25. The van der Waals surface area contributed by atoms with Gasteiger partial charge in [0.2, 0.25) is 11.8 Å². The van der Waals surface area contributed by atoms with Crippen molar-refractivity contribution >= 4 is 33.5 Å². The second-order valence-corrected chi connectivity index (χ2v) is 9.99. The minimum Gasteiger partial charge on any atom is -0.403 e. The molecule has 0 fully saturated rings. The number of rotatable bonds is 7. The highest BCUT2D eigenvalue weighted by Crippen LogP contribution is 2.23. The molecule has 1 aromatic heterocycles. The van der Waals surface area contributed by atoms with Crippen LogP contribution >= 0.6 is 11.8 Å². The molecule has 0 unspecified atom stereocenters. The van der Waals surface area contributed by atoms with E-state index in [1.54, 1.807) is 37.7 Å². The summed E-state index contributed by atoms with van der Waals surface area (Å²) >= 11 is 1.64. The van der Waals surface area contributed by atoms with Gasteiger partial charge in [0.25, 0.3) is 0 Å². The Hall–Kier alpha value is -2.65. The van der Waals surface area contributed by atoms with E-state index in [0.29, 0.717) is 5.56 Å². The van der Waals surface area contributed by atoms with Crippen LogP contribution in [0.3, 0.4) is 0 Å². The standard InChI is InChI=1S/C20H21N3O4S2/c1-13(2)29(25,26)17-10-6-15(7-11-17)19-22-23-20(27-19)21-18(24)12-14-4-8-16(28-3)9-5-14/h4-11,13H,12H2,1-3H3,(H,21,23,24). The SMILES string of the molecule is CSc1ccc(CC(=O)Nc2nnc(-c3ccc(S(=O)(=O)C(C)C)cc3)o2)cc1. The Morgan fingerprint density at radius 2 is 1.72 bits per heavy atom. The predicted molar refractivity (Wildman–Crippen MR) is 113 cm³/mol. The second kappa shape index (κ2) is 8.79. The number of thioether (sulfide) groups is 1. The molecule has 0 radical (unpaired) electrons. The number of nitrogens with zero attached hydrogens (tertiary/aromatic N) is 2. The molecule has 9 heteroatoms. The van der Waals surface area contributed by atoms with Crippen LogP contribution in [0.2, 0.25) is 0 Å². The Morgan fingerprint density at radius 1 is 1.07 bits per heavy atom. The van der Waals surface area contributed by atoms with Crippen LogP contribution < -0.4 is 5.32 Å². The van der Waals surface area contributed by atoms with Crippen molar-refractivity contribution in [1.29, 1.82) is 0 Å². The van der Waals surface area contributed by atoms with Gasteiger partial charge < -0.3 is 4.42 Å². The molecular formula is C20H21N3O4S2. The van der Waals surface area contributed by atoms with E-state index in [1.807, 2.05) is 30.5 Å². The molecule has 0 aliphatic heterocycles. The lowest BCUT2D eigenvalue weighted by molar-refractivity contribution is -0.115. The molecule has 1 heterocycles. The van der Waals surface area contributed by atoms with Gasteiger partial charge >= 0.3 is 6.01 Å². The zero-order chi connectivity index (χ0) is 21.0. The first-order valence-electron chi connectivity index (χ1n) is 8.90. The molecule has 1 amide bonds. The molecule has 0 spiro atoms. The lowest BCUT2D eigenvalue weighted by Crippen LogP contribution is -2.14. The van der Waals surface area contributed by atoms with Gasteiger partial charge in [-0.1, -0.05) is 17.2 Å². The first kappa shape index (κ1) is 21.1. The van der Waals surface area contributed by atoms with E-state index < -0.39 is 15.1 Å². The number of hydrogen-bond donors (Lipinski definition) is 1. The maximum Gasteiger partial charge on any atom is 0.322 e. The Balaban J connectivity index is 1.66. The number of carbonyl (C=O) groups is 1. The fourth-order valence-electron chi connectivity index (χ4n) is 2.54. The average molecular weight is 432 g/mol. The summed E-state index contributed by atoms with van der Waals surface area (Å²) in [5.74, 6) is -0.0754. The molecule has 152 valence electrons. The minimum absolute atomic E-state index is 0.00962. The number of carbonyl (C=O) groups excluding carboxylic acids is 1. The van der Waals surface area contributed by atoms with Crippen LogP contribution in [0.4, 0.5) is 6.01 Å².